The minimum Gasteiger partial charge on any atom is -0.383 e. The van der Waals surface area contributed by atoms with Crippen molar-refractivity contribution in [3.8, 4) is 0 Å². The molecule has 0 spiro atoms. The van der Waals surface area contributed by atoms with Gasteiger partial charge in [-0.05, 0) is 35.2 Å². The van der Waals surface area contributed by atoms with E-state index in [1.807, 2.05) is 16.8 Å². The van der Waals surface area contributed by atoms with Crippen molar-refractivity contribution in [1.29, 1.82) is 0 Å². The van der Waals surface area contributed by atoms with Gasteiger partial charge < -0.3 is 5.73 Å². The first kappa shape index (κ1) is 12.6. The number of hydrogen-bond acceptors (Lipinski definition) is 5. The van der Waals surface area contributed by atoms with Crippen molar-refractivity contribution >= 4 is 27.2 Å². The summed E-state index contributed by atoms with van der Waals surface area (Å²) in [7, 11) is -3.58. The van der Waals surface area contributed by atoms with Crippen LogP contribution in [0.4, 0.5) is 5.82 Å². The molecule has 1 fully saturated rings. The fraction of sp³-hybridized carbons (Fsp3) is 0.364. The number of thiophene rings is 1. The summed E-state index contributed by atoms with van der Waals surface area (Å²) < 4.78 is 26.7. The topological polar surface area (TPSA) is 92.1 Å². The van der Waals surface area contributed by atoms with E-state index in [-0.39, 0.29) is 16.8 Å². The minimum atomic E-state index is -3.58. The summed E-state index contributed by atoms with van der Waals surface area (Å²) in [4.78, 5) is 0.0645. The van der Waals surface area contributed by atoms with E-state index < -0.39 is 10.0 Å². The Morgan fingerprint density at radius 3 is 2.84 bits per heavy atom. The zero-order chi connectivity index (χ0) is 13.5. The van der Waals surface area contributed by atoms with Crippen LogP contribution in [0.3, 0.4) is 0 Å². The van der Waals surface area contributed by atoms with Gasteiger partial charge in [-0.1, -0.05) is 0 Å². The number of sulfonamides is 1. The Morgan fingerprint density at radius 1 is 1.53 bits per heavy atom. The third-order valence-corrected chi connectivity index (χ3v) is 5.75. The molecule has 0 saturated heterocycles. The Morgan fingerprint density at radius 2 is 2.32 bits per heavy atom. The number of hydrogen-bond donors (Lipinski definition) is 2. The van der Waals surface area contributed by atoms with E-state index >= 15 is 0 Å². The first-order valence-corrected chi connectivity index (χ1v) is 8.29. The van der Waals surface area contributed by atoms with Gasteiger partial charge in [-0.2, -0.15) is 20.7 Å². The van der Waals surface area contributed by atoms with Crippen molar-refractivity contribution in [2.75, 3.05) is 5.73 Å². The molecular formula is C11H14N4O2S2. The number of nitrogens with zero attached hydrogens (tertiary/aromatic N) is 2. The molecule has 0 atom stereocenters. The molecule has 0 aromatic carbocycles. The van der Waals surface area contributed by atoms with Crippen LogP contribution >= 0.6 is 11.3 Å². The second-order valence-electron chi connectivity index (χ2n) is 4.56. The molecule has 8 heteroatoms. The first-order chi connectivity index (χ1) is 9.09. The van der Waals surface area contributed by atoms with Gasteiger partial charge in [0, 0.05) is 12.6 Å². The summed E-state index contributed by atoms with van der Waals surface area (Å²) in [6.45, 7) is 0.390. The maximum atomic E-state index is 12.6. The molecule has 1 saturated carbocycles. The van der Waals surface area contributed by atoms with Gasteiger partial charge in [0.2, 0.25) is 10.0 Å². The second kappa shape index (κ2) is 4.62. The van der Waals surface area contributed by atoms with Crippen molar-refractivity contribution in [3.05, 3.63) is 28.6 Å². The summed E-state index contributed by atoms with van der Waals surface area (Å²) in [5.41, 5.74) is 6.64. The van der Waals surface area contributed by atoms with E-state index in [0.29, 0.717) is 6.54 Å². The predicted molar refractivity (Wildman–Crippen MR) is 73.1 cm³/mol. The number of nitrogens with two attached hydrogens (primary N) is 1. The summed E-state index contributed by atoms with van der Waals surface area (Å²) in [5.74, 6) is 0.0935. The van der Waals surface area contributed by atoms with Gasteiger partial charge in [-0.15, -0.1) is 0 Å². The van der Waals surface area contributed by atoms with E-state index in [1.165, 1.54) is 10.5 Å². The van der Waals surface area contributed by atoms with Crippen LogP contribution in [0.15, 0.2) is 27.9 Å². The lowest BCUT2D eigenvalue weighted by Crippen LogP contribution is -2.32. The molecule has 0 amide bonds. The lowest BCUT2D eigenvalue weighted by atomic mass is 10.3. The molecule has 0 unspecified atom stereocenters. The Hall–Kier alpha value is -1.38. The van der Waals surface area contributed by atoms with Crippen molar-refractivity contribution in [2.45, 2.75) is 30.3 Å². The molecular weight excluding hydrogens is 284 g/mol. The molecule has 0 aliphatic heterocycles. The van der Waals surface area contributed by atoms with Crippen molar-refractivity contribution in [1.82, 2.24) is 14.5 Å². The SMILES string of the molecule is Nc1[nH]ncc1S(=O)(=O)N(Cc1ccsc1)C1CC1. The van der Waals surface area contributed by atoms with Crippen molar-refractivity contribution in [2.24, 2.45) is 0 Å². The molecule has 0 bridgehead atoms. The van der Waals surface area contributed by atoms with Crippen LogP contribution in [0.1, 0.15) is 18.4 Å². The molecule has 1 aliphatic carbocycles. The monoisotopic (exact) mass is 298 g/mol. The average molecular weight is 298 g/mol. The molecule has 2 heterocycles. The van der Waals surface area contributed by atoms with Gasteiger partial charge in [0.15, 0.2) is 0 Å². The van der Waals surface area contributed by atoms with E-state index in [9.17, 15) is 8.42 Å². The summed E-state index contributed by atoms with van der Waals surface area (Å²) in [6.07, 6.45) is 3.08. The number of aromatic amines is 1. The van der Waals surface area contributed by atoms with Crippen LogP contribution < -0.4 is 5.73 Å². The largest absolute Gasteiger partial charge is 0.383 e. The van der Waals surface area contributed by atoms with Crippen LogP contribution in [0.5, 0.6) is 0 Å². The number of nitrogens with one attached hydrogen (secondary N) is 1. The Balaban J connectivity index is 1.94. The molecule has 1 aliphatic rings. The molecule has 6 nitrogen and oxygen atoms in total. The van der Waals surface area contributed by atoms with E-state index in [4.69, 9.17) is 5.73 Å². The zero-order valence-corrected chi connectivity index (χ0v) is 11.7. The van der Waals surface area contributed by atoms with Crippen LogP contribution in [0, 0.1) is 0 Å². The number of H-pyrrole nitrogens is 1. The van der Waals surface area contributed by atoms with Crippen LogP contribution in [0.2, 0.25) is 0 Å². The average Bonchev–Trinajstić information content (AvgIpc) is 2.88. The molecule has 102 valence electrons. The highest BCUT2D eigenvalue weighted by atomic mass is 32.2. The maximum Gasteiger partial charge on any atom is 0.248 e. The number of rotatable bonds is 5. The number of nitrogen functional groups attached to an aromatic ring is 1. The van der Waals surface area contributed by atoms with E-state index in [2.05, 4.69) is 10.2 Å². The standard InChI is InChI=1S/C11H14N4O2S2/c12-11-10(5-13-14-11)19(16,17)15(9-1-2-9)6-8-3-4-18-7-8/h3-5,7,9H,1-2,6H2,(H3,12,13,14). The van der Waals surface area contributed by atoms with Crippen LogP contribution in [0.25, 0.3) is 0 Å². The summed E-state index contributed by atoms with van der Waals surface area (Å²) in [5, 5.41) is 10.1. The first-order valence-electron chi connectivity index (χ1n) is 5.91. The molecule has 2 aromatic rings. The predicted octanol–water partition coefficient (Wildman–Crippen LogP) is 1.41. The molecule has 3 rings (SSSR count). The summed E-state index contributed by atoms with van der Waals surface area (Å²) >= 11 is 1.56. The van der Waals surface area contributed by atoms with Crippen molar-refractivity contribution < 1.29 is 8.42 Å². The molecule has 2 aromatic heterocycles. The van der Waals surface area contributed by atoms with Crippen molar-refractivity contribution in [3.63, 3.8) is 0 Å². The van der Waals surface area contributed by atoms with Gasteiger partial charge in [0.1, 0.15) is 10.7 Å². The molecule has 3 N–H and O–H groups in total. The third kappa shape index (κ3) is 2.38. The molecule has 19 heavy (non-hydrogen) atoms. The van der Waals surface area contributed by atoms with Gasteiger partial charge in [-0.3, -0.25) is 5.10 Å². The Labute approximate surface area is 115 Å². The zero-order valence-electron chi connectivity index (χ0n) is 10.1. The van der Waals surface area contributed by atoms with E-state index in [0.717, 1.165) is 18.4 Å². The molecule has 0 radical (unpaired) electrons. The fourth-order valence-corrected chi connectivity index (χ4v) is 4.30. The van der Waals surface area contributed by atoms with Crippen LogP contribution in [-0.2, 0) is 16.6 Å². The highest BCUT2D eigenvalue weighted by Gasteiger charge is 2.39. The highest BCUT2D eigenvalue weighted by molar-refractivity contribution is 7.89. The lowest BCUT2D eigenvalue weighted by Gasteiger charge is -2.20. The number of anilines is 1. The quantitative estimate of drug-likeness (QED) is 0.873. The summed E-state index contributed by atoms with van der Waals surface area (Å²) in [6, 6.07) is 2.02. The van der Waals surface area contributed by atoms with E-state index in [1.54, 1.807) is 11.3 Å². The second-order valence-corrected chi connectivity index (χ2v) is 7.20. The normalized spacial score (nSPS) is 16.1. The van der Waals surface area contributed by atoms with Gasteiger partial charge in [-0.25, -0.2) is 8.42 Å². The third-order valence-electron chi connectivity index (χ3n) is 3.09. The number of aromatic nitrogens is 2. The Bertz CT molecular complexity index is 659. The smallest absolute Gasteiger partial charge is 0.248 e. The lowest BCUT2D eigenvalue weighted by molar-refractivity contribution is 0.399. The van der Waals surface area contributed by atoms with Gasteiger partial charge in [0.25, 0.3) is 0 Å². The highest BCUT2D eigenvalue weighted by Crippen LogP contribution is 2.34. The van der Waals surface area contributed by atoms with Gasteiger partial charge in [0.05, 0.1) is 6.20 Å². The van der Waals surface area contributed by atoms with Gasteiger partial charge >= 0.3 is 0 Å². The fourth-order valence-electron chi connectivity index (χ4n) is 1.95. The maximum absolute atomic E-state index is 12.6. The minimum absolute atomic E-state index is 0.0645. The van der Waals surface area contributed by atoms with Crippen LogP contribution in [-0.4, -0.2) is 29.0 Å². The Kier molecular flexibility index (Phi) is 3.08.